The fourth-order valence-corrected chi connectivity index (χ4v) is 5.50. The molecular weight excluding hydrogens is 385 g/mol. The molecule has 2 aliphatic rings. The van der Waals surface area contributed by atoms with Gasteiger partial charge in [0.2, 0.25) is 10.0 Å². The molecule has 0 spiro atoms. The number of benzene rings is 1. The summed E-state index contributed by atoms with van der Waals surface area (Å²) in [4.78, 5) is 0.00270. The Bertz CT molecular complexity index is 677. The van der Waals surface area contributed by atoms with Crippen molar-refractivity contribution in [1.29, 1.82) is 0 Å². The molecule has 2 aliphatic heterocycles. The van der Waals surface area contributed by atoms with E-state index in [9.17, 15) is 17.2 Å². The van der Waals surface area contributed by atoms with Crippen LogP contribution in [-0.4, -0.2) is 44.5 Å². The van der Waals surface area contributed by atoms with Crippen LogP contribution >= 0.6 is 24.0 Å². The number of nitrogens with one attached hydrogen (secondary N) is 1. The van der Waals surface area contributed by atoms with Gasteiger partial charge in [0, 0.05) is 18.6 Å². The minimum Gasteiger partial charge on any atom is -0.433 e. The standard InChI is InChI=1S/C14H17ClF2N2O3S.ClH/c15-12-7-11(3-4-13(12)22-14(16)17)23(20,21)19-9-1-2-10(19)8-18-6-5-9;/h3-4,7,9-10,14,18H,1-2,5-6,8H2;1H. The Balaban J connectivity index is 0.00000208. The van der Waals surface area contributed by atoms with Crippen molar-refractivity contribution in [2.45, 2.75) is 42.9 Å². The van der Waals surface area contributed by atoms with Crippen LogP contribution in [-0.2, 0) is 10.0 Å². The van der Waals surface area contributed by atoms with Gasteiger partial charge in [0.15, 0.2) is 0 Å². The number of alkyl halides is 2. The van der Waals surface area contributed by atoms with Crippen LogP contribution in [0.25, 0.3) is 0 Å². The van der Waals surface area contributed by atoms with Gasteiger partial charge in [0.1, 0.15) is 5.75 Å². The van der Waals surface area contributed by atoms with Crippen LogP contribution in [0.2, 0.25) is 5.02 Å². The third kappa shape index (κ3) is 3.77. The predicted octanol–water partition coefficient (Wildman–Crippen LogP) is 2.88. The number of halogens is 4. The molecule has 2 fully saturated rings. The van der Waals surface area contributed by atoms with Gasteiger partial charge in [-0.1, -0.05) is 11.6 Å². The Morgan fingerprint density at radius 1 is 1.25 bits per heavy atom. The first kappa shape index (κ1) is 19.7. The average Bonchev–Trinajstić information content (AvgIpc) is 2.74. The van der Waals surface area contributed by atoms with Crippen LogP contribution in [0.3, 0.4) is 0 Å². The minimum absolute atomic E-state index is 0. The van der Waals surface area contributed by atoms with Crippen LogP contribution in [0, 0.1) is 0 Å². The zero-order chi connectivity index (χ0) is 16.6. The molecule has 2 heterocycles. The molecule has 0 aliphatic carbocycles. The lowest BCUT2D eigenvalue weighted by Gasteiger charge is -2.27. The van der Waals surface area contributed by atoms with Crippen LogP contribution in [0.1, 0.15) is 19.3 Å². The Hall–Kier alpha value is -0.670. The fraction of sp³-hybridized carbons (Fsp3) is 0.571. The molecule has 0 aromatic heterocycles. The Morgan fingerprint density at radius 3 is 2.62 bits per heavy atom. The van der Waals surface area contributed by atoms with E-state index in [0.717, 1.165) is 25.8 Å². The summed E-state index contributed by atoms with van der Waals surface area (Å²) in [6, 6.07) is 3.49. The largest absolute Gasteiger partial charge is 0.433 e. The molecule has 10 heteroatoms. The first-order chi connectivity index (χ1) is 10.9. The quantitative estimate of drug-likeness (QED) is 0.840. The van der Waals surface area contributed by atoms with Crippen LogP contribution in [0.15, 0.2) is 23.1 Å². The van der Waals surface area contributed by atoms with Gasteiger partial charge in [-0.25, -0.2) is 8.42 Å². The van der Waals surface area contributed by atoms with E-state index in [1.165, 1.54) is 18.2 Å². The van der Waals surface area contributed by atoms with Crippen molar-refractivity contribution in [3.05, 3.63) is 23.2 Å². The molecule has 1 N–H and O–H groups in total. The molecule has 0 radical (unpaired) electrons. The van der Waals surface area contributed by atoms with E-state index >= 15 is 0 Å². The summed E-state index contributed by atoms with van der Waals surface area (Å²) in [6.07, 6.45) is 2.42. The number of rotatable bonds is 4. The van der Waals surface area contributed by atoms with Crippen molar-refractivity contribution < 1.29 is 21.9 Å². The number of hydrogen-bond donors (Lipinski definition) is 1. The highest BCUT2D eigenvalue weighted by atomic mass is 35.5. The van der Waals surface area contributed by atoms with Crippen LogP contribution in [0.4, 0.5) is 8.78 Å². The van der Waals surface area contributed by atoms with Gasteiger partial charge in [-0.2, -0.15) is 13.1 Å². The molecule has 2 atom stereocenters. The highest BCUT2D eigenvalue weighted by molar-refractivity contribution is 7.89. The third-order valence-corrected chi connectivity index (χ3v) is 6.58. The van der Waals surface area contributed by atoms with E-state index in [-0.39, 0.29) is 40.2 Å². The molecule has 1 aromatic carbocycles. The molecule has 3 rings (SSSR count). The fourth-order valence-electron chi connectivity index (χ4n) is 3.29. The van der Waals surface area contributed by atoms with Crippen molar-refractivity contribution >= 4 is 34.0 Å². The highest BCUT2D eigenvalue weighted by Crippen LogP contribution is 2.36. The van der Waals surface area contributed by atoms with Gasteiger partial charge >= 0.3 is 6.61 Å². The van der Waals surface area contributed by atoms with Gasteiger partial charge in [0.05, 0.1) is 9.92 Å². The molecule has 136 valence electrons. The van der Waals surface area contributed by atoms with Crippen LogP contribution in [0.5, 0.6) is 5.75 Å². The number of fused-ring (bicyclic) bond motifs is 2. The summed E-state index contributed by atoms with van der Waals surface area (Å²) < 4.78 is 56.2. The van der Waals surface area contributed by atoms with Gasteiger partial charge < -0.3 is 10.1 Å². The zero-order valence-corrected chi connectivity index (χ0v) is 15.0. The highest BCUT2D eigenvalue weighted by Gasteiger charge is 2.43. The Kier molecular flexibility index (Phi) is 6.30. The number of sulfonamides is 1. The SMILES string of the molecule is Cl.O=S(=O)(c1ccc(OC(F)F)c(Cl)c1)N1C2CCNCC1CC2. The second-order valence-corrected chi connectivity index (χ2v) is 7.93. The lowest BCUT2D eigenvalue weighted by atomic mass is 10.1. The topological polar surface area (TPSA) is 58.6 Å². The molecular formula is C14H18Cl2F2N2O3S. The summed E-state index contributed by atoms with van der Waals surface area (Å²) >= 11 is 5.89. The molecule has 2 unspecified atom stereocenters. The lowest BCUT2D eigenvalue weighted by Crippen LogP contribution is -2.42. The van der Waals surface area contributed by atoms with Gasteiger partial charge in [0.25, 0.3) is 0 Å². The van der Waals surface area contributed by atoms with Crippen LogP contribution < -0.4 is 10.1 Å². The normalized spacial score (nSPS) is 24.5. The van der Waals surface area contributed by atoms with Crippen molar-refractivity contribution in [3.63, 3.8) is 0 Å². The van der Waals surface area contributed by atoms with Gasteiger partial charge in [-0.15, -0.1) is 12.4 Å². The summed E-state index contributed by atoms with van der Waals surface area (Å²) in [6.45, 7) is -1.60. The van der Waals surface area contributed by atoms with E-state index in [2.05, 4.69) is 10.1 Å². The Morgan fingerprint density at radius 2 is 1.96 bits per heavy atom. The number of hydrogen-bond acceptors (Lipinski definition) is 4. The second kappa shape index (κ2) is 7.70. The zero-order valence-electron chi connectivity index (χ0n) is 12.6. The molecule has 0 amide bonds. The van der Waals surface area contributed by atoms with E-state index in [1.807, 2.05) is 0 Å². The van der Waals surface area contributed by atoms with E-state index in [4.69, 9.17) is 11.6 Å². The van der Waals surface area contributed by atoms with E-state index < -0.39 is 16.6 Å². The first-order valence-electron chi connectivity index (χ1n) is 7.38. The first-order valence-corrected chi connectivity index (χ1v) is 9.20. The number of nitrogens with zero attached hydrogens (tertiary/aromatic N) is 1. The molecule has 2 saturated heterocycles. The molecule has 1 aromatic rings. The monoisotopic (exact) mass is 402 g/mol. The molecule has 2 bridgehead atoms. The lowest BCUT2D eigenvalue weighted by molar-refractivity contribution is -0.0498. The summed E-state index contributed by atoms with van der Waals surface area (Å²) in [5, 5.41) is 3.09. The summed E-state index contributed by atoms with van der Waals surface area (Å²) in [5.74, 6) is -0.235. The Labute approximate surface area is 150 Å². The van der Waals surface area contributed by atoms with Crippen molar-refractivity contribution in [2.24, 2.45) is 0 Å². The van der Waals surface area contributed by atoms with Crippen molar-refractivity contribution in [3.8, 4) is 5.75 Å². The maximum atomic E-state index is 12.9. The van der Waals surface area contributed by atoms with Gasteiger partial charge in [-0.05, 0) is 44.0 Å². The number of ether oxygens (including phenoxy) is 1. The third-order valence-electron chi connectivity index (χ3n) is 4.28. The van der Waals surface area contributed by atoms with E-state index in [1.54, 1.807) is 4.31 Å². The maximum Gasteiger partial charge on any atom is 0.387 e. The maximum absolute atomic E-state index is 12.9. The minimum atomic E-state index is -3.72. The average molecular weight is 403 g/mol. The molecule has 5 nitrogen and oxygen atoms in total. The smallest absolute Gasteiger partial charge is 0.387 e. The predicted molar refractivity (Wildman–Crippen MR) is 88.7 cm³/mol. The molecule has 24 heavy (non-hydrogen) atoms. The van der Waals surface area contributed by atoms with Gasteiger partial charge in [-0.3, -0.25) is 0 Å². The van der Waals surface area contributed by atoms with Crippen molar-refractivity contribution in [1.82, 2.24) is 9.62 Å². The van der Waals surface area contributed by atoms with Crippen molar-refractivity contribution in [2.75, 3.05) is 13.1 Å². The van der Waals surface area contributed by atoms with E-state index in [0.29, 0.717) is 6.54 Å². The molecule has 0 saturated carbocycles. The summed E-state index contributed by atoms with van der Waals surface area (Å²) in [5.41, 5.74) is 0. The summed E-state index contributed by atoms with van der Waals surface area (Å²) in [7, 11) is -3.72. The second-order valence-electron chi connectivity index (χ2n) is 5.68.